The van der Waals surface area contributed by atoms with Crippen molar-refractivity contribution in [3.8, 4) is 0 Å². The van der Waals surface area contributed by atoms with Crippen LogP contribution in [0.15, 0.2) is 29.2 Å². The van der Waals surface area contributed by atoms with Crippen molar-refractivity contribution < 1.29 is 4.74 Å². The first-order valence-corrected chi connectivity index (χ1v) is 7.01. The highest BCUT2D eigenvalue weighted by atomic mass is 32.1. The van der Waals surface area contributed by atoms with E-state index in [0.29, 0.717) is 12.6 Å². The molecule has 18 heavy (non-hydrogen) atoms. The first kappa shape index (κ1) is 13.1. The van der Waals surface area contributed by atoms with E-state index in [0.717, 1.165) is 18.9 Å². The summed E-state index contributed by atoms with van der Waals surface area (Å²) < 4.78 is 7.16. The summed E-state index contributed by atoms with van der Waals surface area (Å²) in [5.74, 6) is 0.912. The van der Waals surface area contributed by atoms with Gasteiger partial charge in [0.25, 0.3) is 0 Å². The van der Waals surface area contributed by atoms with Crippen LogP contribution in [0.3, 0.4) is 0 Å². The van der Waals surface area contributed by atoms with Crippen molar-refractivity contribution in [1.82, 2.24) is 9.55 Å². The number of imidazole rings is 1. The SMILES string of the molecule is COCCn1ccnc1NC(C)Cc1ccsc1. The van der Waals surface area contributed by atoms with E-state index in [1.165, 1.54) is 5.56 Å². The number of rotatable bonds is 7. The molecular formula is C13H19N3OS. The maximum Gasteiger partial charge on any atom is 0.203 e. The summed E-state index contributed by atoms with van der Waals surface area (Å²) in [7, 11) is 1.71. The summed E-state index contributed by atoms with van der Waals surface area (Å²) in [5, 5.41) is 7.74. The van der Waals surface area contributed by atoms with Crippen molar-refractivity contribution in [2.75, 3.05) is 19.0 Å². The van der Waals surface area contributed by atoms with Crippen LogP contribution in [0.5, 0.6) is 0 Å². The zero-order valence-corrected chi connectivity index (χ0v) is 11.6. The Kier molecular flexibility index (Phi) is 4.78. The molecule has 2 aromatic heterocycles. The second-order valence-electron chi connectivity index (χ2n) is 4.32. The predicted molar refractivity (Wildman–Crippen MR) is 75.2 cm³/mol. The normalized spacial score (nSPS) is 12.6. The summed E-state index contributed by atoms with van der Waals surface area (Å²) in [4.78, 5) is 4.34. The Morgan fingerprint density at radius 2 is 2.44 bits per heavy atom. The van der Waals surface area contributed by atoms with Crippen molar-refractivity contribution in [2.45, 2.75) is 25.9 Å². The molecule has 0 bridgehead atoms. The molecule has 0 aliphatic rings. The Balaban J connectivity index is 1.90. The Hall–Kier alpha value is -1.33. The second-order valence-corrected chi connectivity index (χ2v) is 5.10. The lowest BCUT2D eigenvalue weighted by Crippen LogP contribution is -2.21. The summed E-state index contributed by atoms with van der Waals surface area (Å²) in [5.41, 5.74) is 1.37. The monoisotopic (exact) mass is 265 g/mol. The second kappa shape index (κ2) is 6.56. The minimum atomic E-state index is 0.364. The van der Waals surface area contributed by atoms with Gasteiger partial charge in [0, 0.05) is 32.1 Å². The van der Waals surface area contributed by atoms with Crippen LogP contribution < -0.4 is 5.32 Å². The van der Waals surface area contributed by atoms with Gasteiger partial charge < -0.3 is 14.6 Å². The third-order valence-electron chi connectivity index (χ3n) is 2.75. The van der Waals surface area contributed by atoms with Crippen molar-refractivity contribution in [2.24, 2.45) is 0 Å². The number of nitrogens with one attached hydrogen (secondary N) is 1. The van der Waals surface area contributed by atoms with Gasteiger partial charge >= 0.3 is 0 Å². The lowest BCUT2D eigenvalue weighted by atomic mass is 10.1. The molecule has 2 heterocycles. The molecule has 0 spiro atoms. The van der Waals surface area contributed by atoms with Crippen molar-refractivity contribution in [1.29, 1.82) is 0 Å². The van der Waals surface area contributed by atoms with Crippen LogP contribution in [0.25, 0.3) is 0 Å². The highest BCUT2D eigenvalue weighted by molar-refractivity contribution is 7.07. The molecule has 0 aliphatic carbocycles. The summed E-state index contributed by atoms with van der Waals surface area (Å²) in [6.07, 6.45) is 4.80. The average Bonchev–Trinajstić information content (AvgIpc) is 2.98. The van der Waals surface area contributed by atoms with Gasteiger partial charge in [0.2, 0.25) is 5.95 Å². The fourth-order valence-electron chi connectivity index (χ4n) is 1.85. The highest BCUT2D eigenvalue weighted by Crippen LogP contribution is 2.12. The molecule has 0 aliphatic heterocycles. The lowest BCUT2D eigenvalue weighted by molar-refractivity contribution is 0.187. The van der Waals surface area contributed by atoms with Crippen LogP contribution >= 0.6 is 11.3 Å². The Morgan fingerprint density at radius 1 is 1.56 bits per heavy atom. The van der Waals surface area contributed by atoms with Gasteiger partial charge in [-0.05, 0) is 35.7 Å². The summed E-state index contributed by atoms with van der Waals surface area (Å²) >= 11 is 1.74. The number of anilines is 1. The van der Waals surface area contributed by atoms with Crippen molar-refractivity contribution in [3.05, 3.63) is 34.8 Å². The molecule has 2 aromatic rings. The standard InChI is InChI=1S/C13H19N3OS/c1-11(9-12-3-8-18-10-12)15-13-14-4-5-16(13)6-7-17-2/h3-5,8,10-11H,6-7,9H2,1-2H3,(H,14,15). The highest BCUT2D eigenvalue weighted by Gasteiger charge is 2.08. The number of thiophene rings is 1. The zero-order chi connectivity index (χ0) is 12.8. The molecule has 2 rings (SSSR count). The van der Waals surface area contributed by atoms with Gasteiger partial charge in [-0.2, -0.15) is 11.3 Å². The van der Waals surface area contributed by atoms with E-state index in [9.17, 15) is 0 Å². The molecule has 0 aromatic carbocycles. The van der Waals surface area contributed by atoms with Gasteiger partial charge in [0.05, 0.1) is 6.61 Å². The van der Waals surface area contributed by atoms with Crippen LogP contribution in [0.4, 0.5) is 5.95 Å². The van der Waals surface area contributed by atoms with Crippen LogP contribution in [0.2, 0.25) is 0 Å². The third-order valence-corrected chi connectivity index (χ3v) is 3.48. The number of methoxy groups -OCH3 is 1. The maximum atomic E-state index is 5.09. The van der Waals surface area contributed by atoms with Crippen LogP contribution in [0.1, 0.15) is 12.5 Å². The topological polar surface area (TPSA) is 39.1 Å². The molecule has 98 valence electrons. The van der Waals surface area contributed by atoms with Crippen LogP contribution in [0, 0.1) is 0 Å². The third kappa shape index (κ3) is 3.58. The molecule has 0 saturated carbocycles. The van der Waals surface area contributed by atoms with Crippen molar-refractivity contribution >= 4 is 17.3 Å². The molecule has 1 atom stereocenters. The minimum absolute atomic E-state index is 0.364. The quantitative estimate of drug-likeness (QED) is 0.836. The van der Waals surface area contributed by atoms with E-state index in [1.54, 1.807) is 18.4 Å². The summed E-state index contributed by atoms with van der Waals surface area (Å²) in [6, 6.07) is 2.53. The molecule has 0 fully saturated rings. The van der Waals surface area contributed by atoms with Crippen LogP contribution in [-0.2, 0) is 17.7 Å². The predicted octanol–water partition coefficient (Wildman–Crippen LogP) is 2.63. The van der Waals surface area contributed by atoms with E-state index >= 15 is 0 Å². The zero-order valence-electron chi connectivity index (χ0n) is 10.8. The van der Waals surface area contributed by atoms with Crippen molar-refractivity contribution in [3.63, 3.8) is 0 Å². The van der Waals surface area contributed by atoms with E-state index < -0.39 is 0 Å². The first-order valence-electron chi connectivity index (χ1n) is 6.07. The van der Waals surface area contributed by atoms with Gasteiger partial charge in [-0.1, -0.05) is 0 Å². The first-order chi connectivity index (χ1) is 8.79. The van der Waals surface area contributed by atoms with Gasteiger partial charge in [0.1, 0.15) is 0 Å². The molecule has 1 N–H and O–H groups in total. The molecular weight excluding hydrogens is 246 g/mol. The average molecular weight is 265 g/mol. The fourth-order valence-corrected chi connectivity index (χ4v) is 2.53. The smallest absolute Gasteiger partial charge is 0.203 e. The van der Waals surface area contributed by atoms with Crippen LogP contribution in [-0.4, -0.2) is 29.3 Å². The Bertz CT molecular complexity index is 453. The Labute approximate surface area is 112 Å². The minimum Gasteiger partial charge on any atom is -0.383 e. The molecule has 0 radical (unpaired) electrons. The van der Waals surface area contributed by atoms with Gasteiger partial charge in [0.15, 0.2) is 0 Å². The van der Waals surface area contributed by atoms with E-state index in [1.807, 2.05) is 12.4 Å². The van der Waals surface area contributed by atoms with Gasteiger partial charge in [-0.15, -0.1) is 0 Å². The van der Waals surface area contributed by atoms with E-state index in [2.05, 4.69) is 38.6 Å². The van der Waals surface area contributed by atoms with Gasteiger partial charge in [-0.25, -0.2) is 4.98 Å². The number of hydrogen-bond acceptors (Lipinski definition) is 4. The Morgan fingerprint density at radius 3 is 3.17 bits per heavy atom. The molecule has 5 heteroatoms. The molecule has 0 amide bonds. The number of aromatic nitrogens is 2. The fraction of sp³-hybridized carbons (Fsp3) is 0.462. The largest absolute Gasteiger partial charge is 0.383 e. The number of ether oxygens (including phenoxy) is 1. The lowest BCUT2D eigenvalue weighted by Gasteiger charge is -2.15. The maximum absolute atomic E-state index is 5.09. The molecule has 1 unspecified atom stereocenters. The number of nitrogens with zero attached hydrogens (tertiary/aromatic N) is 2. The van der Waals surface area contributed by atoms with E-state index in [4.69, 9.17) is 4.74 Å². The number of hydrogen-bond donors (Lipinski definition) is 1. The molecule has 0 saturated heterocycles. The van der Waals surface area contributed by atoms with Gasteiger partial charge in [-0.3, -0.25) is 0 Å². The summed E-state index contributed by atoms with van der Waals surface area (Å²) in [6.45, 7) is 3.70. The van der Waals surface area contributed by atoms with E-state index in [-0.39, 0.29) is 0 Å². The molecule has 4 nitrogen and oxygen atoms in total.